The summed E-state index contributed by atoms with van der Waals surface area (Å²) < 4.78 is 0. The Hall–Kier alpha value is -0.580. The number of nitrogens with zero attached hydrogens (tertiary/aromatic N) is 1. The predicted octanol–water partition coefficient (Wildman–Crippen LogP) is 1.92. The van der Waals surface area contributed by atoms with Crippen LogP contribution in [0.25, 0.3) is 0 Å². The summed E-state index contributed by atoms with van der Waals surface area (Å²) in [5.41, 5.74) is -0.195. The summed E-state index contributed by atoms with van der Waals surface area (Å²) in [4.78, 5) is 5.22. The van der Waals surface area contributed by atoms with Crippen LogP contribution in [0.2, 0.25) is 0 Å². The van der Waals surface area contributed by atoms with Gasteiger partial charge < -0.3 is 10.4 Å². The molecule has 0 spiro atoms. The summed E-state index contributed by atoms with van der Waals surface area (Å²) in [6, 6.07) is 4.02. The topological polar surface area (TPSA) is 45.1 Å². The molecule has 2 N–H and O–H groups in total. The molecular weight excluding hydrogens is 220 g/mol. The Bertz CT molecular complexity index is 301. The fourth-order valence-corrected chi connectivity index (χ4v) is 2.77. The van der Waals surface area contributed by atoms with Gasteiger partial charge >= 0.3 is 0 Å². The minimum Gasteiger partial charge on any atom is -0.394 e. The Labute approximate surface area is 102 Å². The van der Waals surface area contributed by atoms with Gasteiger partial charge in [0.25, 0.3) is 0 Å². The van der Waals surface area contributed by atoms with E-state index >= 15 is 0 Å². The number of aromatic nitrogens is 1. The molecule has 4 heteroatoms. The first kappa shape index (κ1) is 13.5. The summed E-state index contributed by atoms with van der Waals surface area (Å²) in [7, 11) is 1.89. The molecule has 2 atom stereocenters. The van der Waals surface area contributed by atoms with Crippen molar-refractivity contribution in [1.82, 2.24) is 10.3 Å². The van der Waals surface area contributed by atoms with Gasteiger partial charge in [-0.3, -0.25) is 4.98 Å². The van der Waals surface area contributed by atoms with Crippen LogP contribution in [0.1, 0.15) is 20.3 Å². The van der Waals surface area contributed by atoms with Crippen LogP contribution in [0.3, 0.4) is 0 Å². The maximum absolute atomic E-state index is 9.32. The summed E-state index contributed by atoms with van der Waals surface area (Å²) in [6.07, 6.45) is 4.53. The van der Waals surface area contributed by atoms with E-state index in [2.05, 4.69) is 17.2 Å². The molecule has 0 fully saturated rings. The second kappa shape index (κ2) is 6.23. The fraction of sp³-hybridized carbons (Fsp3) is 0.583. The van der Waals surface area contributed by atoms with Crippen LogP contribution in [-0.4, -0.2) is 34.5 Å². The maximum atomic E-state index is 9.32. The molecule has 1 heterocycles. The van der Waals surface area contributed by atoms with Crippen LogP contribution in [0.4, 0.5) is 0 Å². The quantitative estimate of drug-likeness (QED) is 0.746. The molecule has 0 aliphatic carbocycles. The van der Waals surface area contributed by atoms with Crippen LogP contribution >= 0.6 is 11.8 Å². The summed E-state index contributed by atoms with van der Waals surface area (Å²) in [5, 5.41) is 12.9. The zero-order chi connectivity index (χ0) is 12.0. The highest BCUT2D eigenvalue weighted by Crippen LogP contribution is 2.27. The predicted molar refractivity (Wildman–Crippen MR) is 68.7 cm³/mol. The number of rotatable bonds is 6. The average molecular weight is 240 g/mol. The van der Waals surface area contributed by atoms with Crippen LogP contribution in [0.5, 0.6) is 0 Å². The monoisotopic (exact) mass is 240 g/mol. The summed E-state index contributed by atoms with van der Waals surface area (Å²) >= 11 is 1.81. The van der Waals surface area contributed by atoms with Gasteiger partial charge in [-0.1, -0.05) is 6.92 Å². The lowest BCUT2D eigenvalue weighted by atomic mass is 9.97. The average Bonchev–Trinajstić information content (AvgIpc) is 2.30. The molecule has 0 aromatic carbocycles. The third kappa shape index (κ3) is 4.12. The van der Waals surface area contributed by atoms with E-state index in [0.29, 0.717) is 5.25 Å². The second-order valence-electron chi connectivity index (χ2n) is 4.28. The first-order valence-electron chi connectivity index (χ1n) is 5.46. The first-order valence-corrected chi connectivity index (χ1v) is 6.34. The molecule has 0 saturated carbocycles. The van der Waals surface area contributed by atoms with Gasteiger partial charge in [0.2, 0.25) is 0 Å². The summed E-state index contributed by atoms with van der Waals surface area (Å²) in [5.74, 6) is 0. The van der Waals surface area contributed by atoms with Crippen LogP contribution in [0.15, 0.2) is 29.4 Å². The number of hydrogen-bond donors (Lipinski definition) is 2. The van der Waals surface area contributed by atoms with Gasteiger partial charge in [-0.25, -0.2) is 0 Å². The fourth-order valence-electron chi connectivity index (χ4n) is 1.57. The number of aliphatic hydroxyl groups is 1. The van der Waals surface area contributed by atoms with E-state index in [0.717, 1.165) is 6.42 Å². The van der Waals surface area contributed by atoms with Crippen molar-refractivity contribution >= 4 is 11.8 Å². The van der Waals surface area contributed by atoms with Gasteiger partial charge in [-0.15, -0.1) is 11.8 Å². The van der Waals surface area contributed by atoms with E-state index in [1.807, 2.05) is 37.9 Å². The molecule has 90 valence electrons. The second-order valence-corrected chi connectivity index (χ2v) is 5.80. The number of nitrogens with one attached hydrogen (secondary N) is 1. The van der Waals surface area contributed by atoms with Crippen molar-refractivity contribution in [3.05, 3.63) is 24.5 Å². The van der Waals surface area contributed by atoms with Crippen molar-refractivity contribution in [3.8, 4) is 0 Å². The van der Waals surface area contributed by atoms with Gasteiger partial charge in [0.05, 0.1) is 6.61 Å². The molecule has 1 aromatic heterocycles. The van der Waals surface area contributed by atoms with Crippen molar-refractivity contribution in [3.63, 3.8) is 0 Å². The molecule has 3 nitrogen and oxygen atoms in total. The number of pyridine rings is 1. The van der Waals surface area contributed by atoms with E-state index in [4.69, 9.17) is 0 Å². The lowest BCUT2D eigenvalue weighted by Gasteiger charge is -2.29. The highest BCUT2D eigenvalue weighted by Gasteiger charge is 2.23. The Balaban J connectivity index is 2.50. The van der Waals surface area contributed by atoms with Crippen LogP contribution < -0.4 is 5.32 Å². The Kier molecular flexibility index (Phi) is 5.25. The standard InChI is InChI=1S/C12H20N2OS/c1-10(8-12(2,9-15)13-3)16-11-4-6-14-7-5-11/h4-7,10,13,15H,8-9H2,1-3H3. The van der Waals surface area contributed by atoms with Crippen molar-refractivity contribution in [2.24, 2.45) is 0 Å². The largest absolute Gasteiger partial charge is 0.394 e. The van der Waals surface area contributed by atoms with E-state index < -0.39 is 0 Å². The zero-order valence-corrected chi connectivity index (χ0v) is 10.9. The number of hydrogen-bond acceptors (Lipinski definition) is 4. The van der Waals surface area contributed by atoms with Crippen molar-refractivity contribution in [2.75, 3.05) is 13.7 Å². The van der Waals surface area contributed by atoms with E-state index in [-0.39, 0.29) is 12.1 Å². The van der Waals surface area contributed by atoms with Crippen molar-refractivity contribution in [1.29, 1.82) is 0 Å². The SMILES string of the molecule is CNC(C)(CO)CC(C)Sc1ccncc1. The molecule has 0 saturated heterocycles. The number of likely N-dealkylation sites (N-methyl/N-ethyl adjacent to an activating group) is 1. The summed E-state index contributed by atoms with van der Waals surface area (Å²) in [6.45, 7) is 4.37. The Morgan fingerprint density at radius 2 is 2.12 bits per heavy atom. The van der Waals surface area contributed by atoms with Crippen LogP contribution in [-0.2, 0) is 0 Å². The Morgan fingerprint density at radius 1 is 1.50 bits per heavy atom. The van der Waals surface area contributed by atoms with Gasteiger partial charge in [0.15, 0.2) is 0 Å². The highest BCUT2D eigenvalue weighted by atomic mass is 32.2. The first-order chi connectivity index (χ1) is 7.59. The molecular formula is C12H20N2OS. The lowest BCUT2D eigenvalue weighted by molar-refractivity contribution is 0.174. The molecule has 0 aliphatic rings. The number of thioether (sulfide) groups is 1. The minimum absolute atomic E-state index is 0.157. The normalized spacial score (nSPS) is 16.8. The van der Waals surface area contributed by atoms with Gasteiger partial charge in [-0.05, 0) is 32.5 Å². The Morgan fingerprint density at radius 3 is 2.62 bits per heavy atom. The molecule has 1 aromatic rings. The molecule has 0 radical (unpaired) electrons. The molecule has 16 heavy (non-hydrogen) atoms. The van der Waals surface area contributed by atoms with E-state index in [1.165, 1.54) is 4.90 Å². The third-order valence-corrected chi connectivity index (χ3v) is 3.79. The van der Waals surface area contributed by atoms with E-state index in [9.17, 15) is 5.11 Å². The third-order valence-electron chi connectivity index (χ3n) is 2.68. The van der Waals surface area contributed by atoms with Crippen molar-refractivity contribution < 1.29 is 5.11 Å². The smallest absolute Gasteiger partial charge is 0.0610 e. The van der Waals surface area contributed by atoms with E-state index in [1.54, 1.807) is 12.4 Å². The van der Waals surface area contributed by atoms with Gasteiger partial charge in [0.1, 0.15) is 0 Å². The van der Waals surface area contributed by atoms with Gasteiger partial charge in [-0.2, -0.15) is 0 Å². The number of aliphatic hydroxyl groups excluding tert-OH is 1. The molecule has 1 rings (SSSR count). The van der Waals surface area contributed by atoms with Crippen molar-refractivity contribution in [2.45, 2.75) is 36.0 Å². The maximum Gasteiger partial charge on any atom is 0.0610 e. The molecule has 0 aliphatic heterocycles. The van der Waals surface area contributed by atoms with Crippen LogP contribution in [0, 0.1) is 0 Å². The highest BCUT2D eigenvalue weighted by molar-refractivity contribution is 7.99. The zero-order valence-electron chi connectivity index (χ0n) is 10.1. The molecule has 0 bridgehead atoms. The van der Waals surface area contributed by atoms with Gasteiger partial charge in [0, 0.05) is 28.1 Å². The molecule has 2 unspecified atom stereocenters. The minimum atomic E-state index is -0.195. The molecule has 0 amide bonds. The lowest BCUT2D eigenvalue weighted by Crippen LogP contribution is -2.45.